The Labute approximate surface area is 31.1 Å². The fourth-order valence-corrected chi connectivity index (χ4v) is 0.0589. The lowest BCUT2D eigenvalue weighted by Gasteiger charge is -1.82. The third-order valence-corrected chi connectivity index (χ3v) is 0.161. The van der Waals surface area contributed by atoms with Crippen LogP contribution in [0.2, 0.25) is 0 Å². The van der Waals surface area contributed by atoms with Crippen molar-refractivity contribution < 1.29 is 4.84 Å². The van der Waals surface area contributed by atoms with Crippen molar-refractivity contribution >= 4 is 0 Å². The van der Waals surface area contributed by atoms with Crippen LogP contribution in [0.3, 0.4) is 0 Å². The van der Waals surface area contributed by atoms with Gasteiger partial charge >= 0.3 is 0 Å². The number of hydrogen-bond acceptors (Lipinski definition) is 2. The van der Waals surface area contributed by atoms with Gasteiger partial charge in [0, 0.05) is 7.05 Å². The van der Waals surface area contributed by atoms with Gasteiger partial charge in [0.05, 0.1) is 0 Å². The molecule has 1 N–H and O–H groups in total. The first-order valence-electron chi connectivity index (χ1n) is 1.20. The Morgan fingerprint density at radius 3 is 2.60 bits per heavy atom. The van der Waals surface area contributed by atoms with Gasteiger partial charge in [-0.2, -0.15) is 0 Å². The van der Waals surface area contributed by atoms with E-state index in [0.717, 1.165) is 0 Å². The van der Waals surface area contributed by atoms with E-state index in [-0.39, 0.29) is 0 Å². The fourth-order valence-electron chi connectivity index (χ4n) is 0.0589. The summed E-state index contributed by atoms with van der Waals surface area (Å²) in [5.41, 5.74) is 2.28. The SMILES string of the molecule is C#CONC. The fraction of sp³-hybridized carbons (Fsp3) is 0.333. The second-order valence-electron chi connectivity index (χ2n) is 0.424. The lowest BCUT2D eigenvalue weighted by atomic mass is 11.3. The van der Waals surface area contributed by atoms with Gasteiger partial charge in [-0.3, -0.25) is 0 Å². The average Bonchev–Trinajstić information content (AvgIpc) is 1.41. The number of nitrogens with one attached hydrogen (secondary N) is 1. The maximum atomic E-state index is 4.60. The lowest BCUT2D eigenvalue weighted by Crippen LogP contribution is -1.99. The van der Waals surface area contributed by atoms with Crippen LogP contribution in [0, 0.1) is 12.5 Å². The van der Waals surface area contributed by atoms with Crippen LogP contribution in [0.25, 0.3) is 0 Å². The van der Waals surface area contributed by atoms with E-state index in [1.165, 1.54) is 0 Å². The van der Waals surface area contributed by atoms with Crippen LogP contribution in [-0.4, -0.2) is 7.05 Å². The van der Waals surface area contributed by atoms with Crippen molar-refractivity contribution in [2.45, 2.75) is 0 Å². The van der Waals surface area contributed by atoms with Gasteiger partial charge in [0.2, 0.25) is 0 Å². The minimum absolute atomic E-state index is 1.60. The van der Waals surface area contributed by atoms with Crippen LogP contribution in [0.5, 0.6) is 0 Å². The zero-order valence-corrected chi connectivity index (χ0v) is 2.99. The van der Waals surface area contributed by atoms with Gasteiger partial charge < -0.3 is 4.84 Å². The number of rotatable bonds is 1. The van der Waals surface area contributed by atoms with Gasteiger partial charge in [-0.1, -0.05) is 6.42 Å². The van der Waals surface area contributed by atoms with E-state index >= 15 is 0 Å². The summed E-state index contributed by atoms with van der Waals surface area (Å²) >= 11 is 0. The molecule has 0 aliphatic carbocycles. The summed E-state index contributed by atoms with van der Waals surface area (Å²) in [6.45, 7) is 0. The van der Waals surface area contributed by atoms with Crippen LogP contribution in [0.1, 0.15) is 0 Å². The van der Waals surface area contributed by atoms with Gasteiger partial charge in [-0.05, 0) is 0 Å². The molecule has 0 bridgehead atoms. The summed E-state index contributed by atoms with van der Waals surface area (Å²) in [6, 6.07) is 0. The molecule has 0 saturated carbocycles. The molecule has 0 unspecified atom stereocenters. The summed E-state index contributed by atoms with van der Waals surface area (Å²) in [5.74, 6) is 0. The molecule has 0 heterocycles. The van der Waals surface area contributed by atoms with Crippen LogP contribution in [0.15, 0.2) is 0 Å². The highest BCUT2D eigenvalue weighted by atomic mass is 16.6. The highest BCUT2D eigenvalue weighted by Gasteiger charge is 1.51. The molecule has 0 radical (unpaired) electrons. The van der Waals surface area contributed by atoms with Crippen molar-refractivity contribution in [2.75, 3.05) is 7.05 Å². The maximum Gasteiger partial charge on any atom is 0.134 e. The summed E-state index contributed by atoms with van der Waals surface area (Å²) in [6.07, 6.45) is 6.51. The Morgan fingerprint density at radius 2 is 2.60 bits per heavy atom. The molecule has 28 valence electrons. The highest BCUT2D eigenvalue weighted by Crippen LogP contribution is 1.43. The highest BCUT2D eigenvalue weighted by molar-refractivity contribution is 4.65. The maximum absolute atomic E-state index is 4.60. The molecular weight excluding hydrogens is 66.0 g/mol. The van der Waals surface area contributed by atoms with Crippen molar-refractivity contribution in [2.24, 2.45) is 0 Å². The third kappa shape index (κ3) is 3.32. The number of hydrogen-bond donors (Lipinski definition) is 1. The Bertz CT molecular complexity index is 45.3. The monoisotopic (exact) mass is 71.0 g/mol. The Balaban J connectivity index is 2.48. The molecule has 2 nitrogen and oxygen atoms in total. The second kappa shape index (κ2) is 3.32. The molecule has 0 spiro atoms. The van der Waals surface area contributed by atoms with Crippen LogP contribution in [-0.2, 0) is 4.84 Å². The summed E-state index contributed by atoms with van der Waals surface area (Å²) in [5, 5.41) is 0. The molecule has 0 aliphatic heterocycles. The molecule has 5 heavy (non-hydrogen) atoms. The van der Waals surface area contributed by atoms with E-state index in [2.05, 4.69) is 16.7 Å². The minimum Gasteiger partial charge on any atom is -0.357 e. The van der Waals surface area contributed by atoms with Crippen LogP contribution < -0.4 is 5.48 Å². The largest absolute Gasteiger partial charge is 0.357 e. The third-order valence-electron chi connectivity index (χ3n) is 0.161. The number of hydroxylamine groups is 1. The van der Waals surface area contributed by atoms with Crippen molar-refractivity contribution in [1.29, 1.82) is 0 Å². The molecule has 0 aromatic rings. The summed E-state index contributed by atoms with van der Waals surface area (Å²) in [4.78, 5) is 4.11. The molecule has 2 heteroatoms. The average molecular weight is 71.1 g/mol. The van der Waals surface area contributed by atoms with Crippen molar-refractivity contribution in [3.05, 3.63) is 0 Å². The smallest absolute Gasteiger partial charge is 0.134 e. The first-order chi connectivity index (χ1) is 2.41. The molecule has 0 aromatic heterocycles. The Kier molecular flexibility index (Phi) is 2.87. The Morgan fingerprint density at radius 1 is 2.00 bits per heavy atom. The predicted octanol–water partition coefficient (Wildman–Crippen LogP) is -0.272. The number of terminal acetylenes is 1. The normalized spacial score (nSPS) is 5.60. The van der Waals surface area contributed by atoms with Gasteiger partial charge in [0.1, 0.15) is 6.11 Å². The van der Waals surface area contributed by atoms with Crippen LogP contribution >= 0.6 is 0 Å². The molecule has 0 aliphatic rings. The van der Waals surface area contributed by atoms with Crippen molar-refractivity contribution in [1.82, 2.24) is 5.48 Å². The van der Waals surface area contributed by atoms with E-state index in [1.54, 1.807) is 7.05 Å². The molecule has 0 aromatic carbocycles. The quantitative estimate of drug-likeness (QED) is 0.339. The van der Waals surface area contributed by atoms with Gasteiger partial charge in [-0.25, -0.2) is 0 Å². The predicted molar refractivity (Wildman–Crippen MR) is 19.0 cm³/mol. The van der Waals surface area contributed by atoms with Crippen molar-refractivity contribution in [3.8, 4) is 12.5 Å². The van der Waals surface area contributed by atoms with Gasteiger partial charge in [-0.15, -0.1) is 5.48 Å². The Hall–Kier alpha value is -0.680. The van der Waals surface area contributed by atoms with E-state index in [1.807, 2.05) is 6.11 Å². The zero-order valence-electron chi connectivity index (χ0n) is 2.99. The van der Waals surface area contributed by atoms with Crippen molar-refractivity contribution in [3.63, 3.8) is 0 Å². The first-order valence-corrected chi connectivity index (χ1v) is 1.20. The summed E-state index contributed by atoms with van der Waals surface area (Å²) in [7, 11) is 1.60. The van der Waals surface area contributed by atoms with E-state index in [9.17, 15) is 0 Å². The first kappa shape index (κ1) is 4.32. The standard InChI is InChI=1S/C3H5NO/c1-3-5-4-2/h1,4H,2H3. The van der Waals surface area contributed by atoms with E-state index < -0.39 is 0 Å². The summed E-state index contributed by atoms with van der Waals surface area (Å²) < 4.78 is 0. The molecule has 0 rings (SSSR count). The van der Waals surface area contributed by atoms with Gasteiger partial charge in [0.15, 0.2) is 0 Å². The topological polar surface area (TPSA) is 21.3 Å². The van der Waals surface area contributed by atoms with Crippen LogP contribution in [0.4, 0.5) is 0 Å². The molecule has 0 fully saturated rings. The zero-order chi connectivity index (χ0) is 4.12. The van der Waals surface area contributed by atoms with Gasteiger partial charge in [0.25, 0.3) is 0 Å². The van der Waals surface area contributed by atoms with E-state index in [0.29, 0.717) is 0 Å². The molecular formula is C3H5NO. The lowest BCUT2D eigenvalue weighted by molar-refractivity contribution is 0.184. The van der Waals surface area contributed by atoms with E-state index in [4.69, 9.17) is 0 Å². The molecule has 0 saturated heterocycles. The minimum atomic E-state index is 1.60. The molecule has 0 atom stereocenters. The molecule has 0 amide bonds. The second-order valence-corrected chi connectivity index (χ2v) is 0.424.